The fraction of sp³-hybridized carbons (Fsp3) is 0.0714. The van der Waals surface area contributed by atoms with E-state index < -0.39 is 6.36 Å². The Morgan fingerprint density at radius 1 is 0.737 bits per heavy atom. The third kappa shape index (κ3) is 3.64. The minimum atomic E-state index is -4.67. The van der Waals surface area contributed by atoms with Crippen molar-refractivity contribution in [1.82, 2.24) is 0 Å². The number of benzene rings is 2. The Labute approximate surface area is 108 Å². The predicted octanol–water partition coefficient (Wildman–Crippen LogP) is 4.42. The minimum Gasteiger partial charge on any atom is -0.490 e. The van der Waals surface area contributed by atoms with Gasteiger partial charge in [0, 0.05) is 0 Å². The highest BCUT2D eigenvalue weighted by molar-refractivity contribution is 5.64. The molecule has 2 nitrogen and oxygen atoms in total. The zero-order valence-electron chi connectivity index (χ0n) is 9.78. The molecule has 0 saturated heterocycles. The molecule has 0 saturated carbocycles. The summed E-state index contributed by atoms with van der Waals surface area (Å²) in [6.07, 6.45) is -4.67. The summed E-state index contributed by atoms with van der Waals surface area (Å²) in [5, 5.41) is 0. The second kappa shape index (κ2) is 5.22. The van der Waals surface area contributed by atoms with Crippen LogP contribution in [0.1, 0.15) is 0 Å². The summed E-state index contributed by atoms with van der Waals surface area (Å²) >= 11 is 0. The smallest absolute Gasteiger partial charge is 0.490 e. The zero-order valence-corrected chi connectivity index (χ0v) is 9.78. The van der Waals surface area contributed by atoms with Crippen LogP contribution in [0, 0.1) is 7.11 Å². The van der Waals surface area contributed by atoms with Gasteiger partial charge in [0.05, 0.1) is 0 Å². The van der Waals surface area contributed by atoms with Gasteiger partial charge in [0.25, 0.3) is 0 Å². The van der Waals surface area contributed by atoms with Crippen molar-refractivity contribution in [2.24, 2.45) is 0 Å². The van der Waals surface area contributed by atoms with Crippen LogP contribution in [0.15, 0.2) is 48.5 Å². The van der Waals surface area contributed by atoms with Crippen molar-refractivity contribution in [3.05, 3.63) is 55.6 Å². The van der Waals surface area contributed by atoms with Gasteiger partial charge in [-0.3, -0.25) is 0 Å². The summed E-state index contributed by atoms with van der Waals surface area (Å²) in [4.78, 5) is 0. The van der Waals surface area contributed by atoms with E-state index in [4.69, 9.17) is 4.74 Å². The van der Waals surface area contributed by atoms with Gasteiger partial charge < -0.3 is 9.47 Å². The van der Waals surface area contributed by atoms with Crippen LogP contribution in [0.5, 0.6) is 11.5 Å². The van der Waals surface area contributed by atoms with Gasteiger partial charge in [-0.1, -0.05) is 24.3 Å². The molecule has 1 radical (unpaired) electrons. The van der Waals surface area contributed by atoms with Gasteiger partial charge in [0.2, 0.25) is 0 Å². The lowest BCUT2D eigenvalue weighted by atomic mass is 10.1. The van der Waals surface area contributed by atoms with Crippen LogP contribution in [0.2, 0.25) is 0 Å². The Bertz CT molecular complexity index is 530. The number of ether oxygens (including phenoxy) is 2. The first-order valence-electron chi connectivity index (χ1n) is 5.36. The molecule has 0 heterocycles. The monoisotopic (exact) mass is 267 g/mol. The molecule has 2 aromatic carbocycles. The molecular weight excluding hydrogens is 257 g/mol. The molecule has 0 fully saturated rings. The summed E-state index contributed by atoms with van der Waals surface area (Å²) in [7, 11) is 3.28. The van der Waals surface area contributed by atoms with E-state index in [0.717, 1.165) is 11.1 Å². The Morgan fingerprint density at radius 2 is 1.16 bits per heavy atom. The maximum Gasteiger partial charge on any atom is 0.573 e. The number of rotatable bonds is 3. The first-order chi connectivity index (χ1) is 8.98. The fourth-order valence-corrected chi connectivity index (χ4v) is 1.59. The molecule has 5 heteroatoms. The molecule has 0 aliphatic carbocycles. The van der Waals surface area contributed by atoms with Crippen LogP contribution >= 0.6 is 0 Å². The quantitative estimate of drug-likeness (QED) is 0.819. The molecule has 99 valence electrons. The standard InChI is InChI=1S/C14H10F3O2/c1-18-12-6-2-10(3-7-12)11-4-8-13(9-5-11)19-14(15,16)17/h2-9H,1H2. The molecule has 0 N–H and O–H groups in total. The van der Waals surface area contributed by atoms with Gasteiger partial charge in [-0.05, 0) is 35.4 Å². The highest BCUT2D eigenvalue weighted by Gasteiger charge is 2.30. The van der Waals surface area contributed by atoms with Crippen molar-refractivity contribution in [1.29, 1.82) is 0 Å². The van der Waals surface area contributed by atoms with Gasteiger partial charge in [-0.25, -0.2) is 0 Å². The first-order valence-corrected chi connectivity index (χ1v) is 5.36. The summed E-state index contributed by atoms with van der Waals surface area (Å²) in [6, 6.07) is 12.7. The lowest BCUT2D eigenvalue weighted by Crippen LogP contribution is -2.16. The maximum atomic E-state index is 12.0. The van der Waals surface area contributed by atoms with E-state index in [1.54, 1.807) is 36.4 Å². The number of hydrogen-bond donors (Lipinski definition) is 0. The summed E-state index contributed by atoms with van der Waals surface area (Å²) in [6.45, 7) is 0. The highest BCUT2D eigenvalue weighted by atomic mass is 19.4. The molecule has 0 bridgehead atoms. The molecule has 0 spiro atoms. The average molecular weight is 267 g/mol. The molecule has 2 rings (SSSR count). The van der Waals surface area contributed by atoms with Crippen molar-refractivity contribution in [3.8, 4) is 22.6 Å². The average Bonchev–Trinajstić information content (AvgIpc) is 2.38. The predicted molar refractivity (Wildman–Crippen MR) is 64.5 cm³/mol. The van der Waals surface area contributed by atoms with Gasteiger partial charge in [-0.15, -0.1) is 13.2 Å². The maximum absolute atomic E-state index is 12.0. The molecule has 0 unspecified atom stereocenters. The van der Waals surface area contributed by atoms with Crippen LogP contribution in [-0.2, 0) is 0 Å². The lowest BCUT2D eigenvalue weighted by Gasteiger charge is -2.09. The third-order valence-electron chi connectivity index (χ3n) is 2.44. The van der Waals surface area contributed by atoms with E-state index in [-0.39, 0.29) is 5.75 Å². The van der Waals surface area contributed by atoms with E-state index in [1.165, 1.54) is 12.1 Å². The normalized spacial score (nSPS) is 11.2. The second-order valence-corrected chi connectivity index (χ2v) is 3.74. The van der Waals surface area contributed by atoms with Gasteiger partial charge >= 0.3 is 6.36 Å². The van der Waals surface area contributed by atoms with Gasteiger partial charge in [0.1, 0.15) is 18.6 Å². The van der Waals surface area contributed by atoms with E-state index in [0.29, 0.717) is 5.75 Å². The van der Waals surface area contributed by atoms with Crippen molar-refractivity contribution >= 4 is 0 Å². The largest absolute Gasteiger partial charge is 0.573 e. The SMILES string of the molecule is [CH2]Oc1ccc(-c2ccc(OC(F)(F)F)cc2)cc1. The first kappa shape index (κ1) is 13.3. The van der Waals surface area contributed by atoms with Gasteiger partial charge in [-0.2, -0.15) is 0 Å². The van der Waals surface area contributed by atoms with Crippen molar-refractivity contribution < 1.29 is 22.6 Å². The van der Waals surface area contributed by atoms with Crippen molar-refractivity contribution in [2.75, 3.05) is 0 Å². The molecule has 0 aliphatic rings. The van der Waals surface area contributed by atoms with Crippen molar-refractivity contribution in [2.45, 2.75) is 6.36 Å². The van der Waals surface area contributed by atoms with E-state index >= 15 is 0 Å². The third-order valence-corrected chi connectivity index (χ3v) is 2.44. The van der Waals surface area contributed by atoms with Crippen LogP contribution < -0.4 is 9.47 Å². The summed E-state index contributed by atoms with van der Waals surface area (Å²) in [5.41, 5.74) is 1.64. The molecule has 19 heavy (non-hydrogen) atoms. The summed E-state index contributed by atoms with van der Waals surface area (Å²) in [5.74, 6) is 0.370. The van der Waals surface area contributed by atoms with Crippen molar-refractivity contribution in [3.63, 3.8) is 0 Å². The van der Waals surface area contributed by atoms with Crippen LogP contribution in [0.3, 0.4) is 0 Å². The van der Waals surface area contributed by atoms with E-state index in [2.05, 4.69) is 11.8 Å². The van der Waals surface area contributed by atoms with Crippen LogP contribution in [0.4, 0.5) is 13.2 Å². The van der Waals surface area contributed by atoms with Crippen LogP contribution in [-0.4, -0.2) is 6.36 Å². The number of alkyl halides is 3. The van der Waals surface area contributed by atoms with E-state index in [9.17, 15) is 13.2 Å². The van der Waals surface area contributed by atoms with Gasteiger partial charge in [0.15, 0.2) is 0 Å². The molecule has 0 amide bonds. The summed E-state index contributed by atoms with van der Waals surface area (Å²) < 4.78 is 44.6. The number of halogens is 3. The minimum absolute atomic E-state index is 0.242. The lowest BCUT2D eigenvalue weighted by molar-refractivity contribution is -0.274. The Balaban J connectivity index is 2.17. The Morgan fingerprint density at radius 3 is 1.53 bits per heavy atom. The Hall–Kier alpha value is -2.17. The topological polar surface area (TPSA) is 18.5 Å². The Kier molecular flexibility index (Phi) is 3.64. The second-order valence-electron chi connectivity index (χ2n) is 3.74. The van der Waals surface area contributed by atoms with Crippen LogP contribution in [0.25, 0.3) is 11.1 Å². The molecule has 0 aliphatic heterocycles. The van der Waals surface area contributed by atoms with E-state index in [1.807, 2.05) is 0 Å². The number of hydrogen-bond acceptors (Lipinski definition) is 2. The fourth-order valence-electron chi connectivity index (χ4n) is 1.59. The zero-order chi connectivity index (χ0) is 13.9. The molecule has 0 aromatic heterocycles. The highest BCUT2D eigenvalue weighted by Crippen LogP contribution is 2.27. The molecule has 2 aromatic rings. The molecule has 0 atom stereocenters. The molecular formula is C14H10F3O2.